The molecule has 0 aliphatic carbocycles. The van der Waals surface area contributed by atoms with Crippen molar-refractivity contribution in [3.05, 3.63) is 88.2 Å². The van der Waals surface area contributed by atoms with Crippen LogP contribution in [0.15, 0.2) is 47.4 Å². The predicted octanol–water partition coefficient (Wildman–Crippen LogP) is 7.73. The molecule has 40 heavy (non-hydrogen) atoms. The first-order valence-corrected chi connectivity index (χ1v) is 13.0. The van der Waals surface area contributed by atoms with Crippen molar-refractivity contribution in [3.8, 4) is 11.5 Å². The van der Waals surface area contributed by atoms with E-state index in [0.717, 1.165) is 30.5 Å². The Bertz CT molecular complexity index is 1290. The van der Waals surface area contributed by atoms with Gasteiger partial charge in [0.15, 0.2) is 0 Å². The lowest BCUT2D eigenvalue weighted by molar-refractivity contribution is -0.137. The Morgan fingerprint density at radius 2 is 1.52 bits per heavy atom. The van der Waals surface area contributed by atoms with E-state index in [2.05, 4.69) is 4.18 Å². The molecule has 0 N–H and O–H groups in total. The summed E-state index contributed by atoms with van der Waals surface area (Å²) in [5.74, 6) is -12.2. The summed E-state index contributed by atoms with van der Waals surface area (Å²) in [6, 6.07) is 9.60. The lowest BCUT2D eigenvalue weighted by Gasteiger charge is -2.17. The SMILES string of the molecule is CC.COCCc1cccc(C(F)(F)F)c1.O=S(Oc1c(F)c(F)c(F)c(F)c1F)c1ccc2c(c1)OCCC2. The summed E-state index contributed by atoms with van der Waals surface area (Å²) >= 11 is -2.49. The molecule has 0 saturated heterocycles. The van der Waals surface area contributed by atoms with E-state index in [1.165, 1.54) is 25.3 Å². The number of fused-ring (bicyclic) bond motifs is 1. The van der Waals surface area contributed by atoms with E-state index in [0.29, 0.717) is 30.9 Å². The monoisotopic (exact) mass is 598 g/mol. The second-order valence-electron chi connectivity index (χ2n) is 7.88. The first-order valence-electron chi connectivity index (χ1n) is 12.0. The molecule has 220 valence electrons. The summed E-state index contributed by atoms with van der Waals surface area (Å²) in [7, 11) is 1.52. The fourth-order valence-corrected chi connectivity index (χ4v) is 4.11. The summed E-state index contributed by atoms with van der Waals surface area (Å²) < 4.78 is 130. The standard InChI is InChI=1S/C15H9F5O3S.C10H11F3O.C2H6/c16-10-11(17)13(19)15(14(20)12(10)18)23-24(21)8-4-3-7-2-1-5-22-9(7)6-8;1-14-6-5-8-3-2-4-9(7-8)10(11,12)13;1-2/h3-4,6H,1-2,5H2;2-4,7H,5-6H2,1H3;1-2H3. The van der Waals surface area contributed by atoms with Gasteiger partial charge in [-0.1, -0.05) is 38.1 Å². The molecule has 1 atom stereocenters. The fraction of sp³-hybridized carbons (Fsp3) is 0.333. The van der Waals surface area contributed by atoms with Crippen LogP contribution < -0.4 is 8.92 Å². The van der Waals surface area contributed by atoms with Crippen LogP contribution in [0.1, 0.15) is 37.0 Å². The van der Waals surface area contributed by atoms with Crippen molar-refractivity contribution in [2.24, 2.45) is 0 Å². The van der Waals surface area contributed by atoms with E-state index in [-0.39, 0.29) is 4.90 Å². The number of hydrogen-bond acceptors (Lipinski definition) is 4. The third-order valence-corrected chi connectivity index (χ3v) is 6.21. The fourth-order valence-electron chi connectivity index (χ4n) is 3.33. The van der Waals surface area contributed by atoms with Gasteiger partial charge in [-0.3, -0.25) is 0 Å². The van der Waals surface area contributed by atoms with Crippen LogP contribution in [-0.4, -0.2) is 24.5 Å². The van der Waals surface area contributed by atoms with Crippen molar-refractivity contribution in [1.82, 2.24) is 0 Å². The minimum atomic E-state index is -4.26. The largest absolute Gasteiger partial charge is 0.493 e. The highest BCUT2D eigenvalue weighted by molar-refractivity contribution is 7.80. The molecule has 0 bridgehead atoms. The molecular formula is C27H26F8O4S. The van der Waals surface area contributed by atoms with E-state index in [1.807, 2.05) is 13.8 Å². The number of ether oxygens (including phenoxy) is 2. The van der Waals surface area contributed by atoms with E-state index < -0.39 is 57.7 Å². The van der Waals surface area contributed by atoms with E-state index in [1.54, 1.807) is 12.1 Å². The average Bonchev–Trinajstić information content (AvgIpc) is 2.97. The lowest BCUT2D eigenvalue weighted by atomic mass is 10.1. The van der Waals surface area contributed by atoms with Crippen LogP contribution in [0.4, 0.5) is 35.1 Å². The van der Waals surface area contributed by atoms with Crippen molar-refractivity contribution in [1.29, 1.82) is 0 Å². The molecule has 1 heterocycles. The number of alkyl halides is 3. The summed E-state index contributed by atoms with van der Waals surface area (Å²) in [5, 5.41) is 0. The molecule has 0 saturated carbocycles. The third-order valence-electron chi connectivity index (χ3n) is 5.26. The molecule has 1 aliphatic heterocycles. The van der Waals surface area contributed by atoms with Crippen molar-refractivity contribution in [3.63, 3.8) is 0 Å². The van der Waals surface area contributed by atoms with Gasteiger partial charge in [0.2, 0.25) is 45.9 Å². The van der Waals surface area contributed by atoms with E-state index >= 15 is 0 Å². The second-order valence-corrected chi connectivity index (χ2v) is 8.99. The summed E-state index contributed by atoms with van der Waals surface area (Å²) in [6.07, 6.45) is -2.19. The van der Waals surface area contributed by atoms with Crippen LogP contribution in [0.5, 0.6) is 11.5 Å². The van der Waals surface area contributed by atoms with Gasteiger partial charge >= 0.3 is 6.18 Å². The maximum atomic E-state index is 13.5. The van der Waals surface area contributed by atoms with Gasteiger partial charge in [0, 0.05) is 7.11 Å². The molecule has 0 aromatic heterocycles. The van der Waals surface area contributed by atoms with E-state index in [4.69, 9.17) is 9.47 Å². The maximum absolute atomic E-state index is 13.5. The molecular weight excluding hydrogens is 572 g/mol. The number of methoxy groups -OCH3 is 1. The number of rotatable bonds is 6. The van der Waals surface area contributed by atoms with Gasteiger partial charge in [-0.25, -0.2) is 17.4 Å². The molecule has 4 rings (SSSR count). The Hall–Kier alpha value is -3.19. The molecule has 3 aromatic carbocycles. The van der Waals surface area contributed by atoms with Gasteiger partial charge < -0.3 is 13.7 Å². The normalized spacial score (nSPS) is 13.1. The molecule has 3 aromatic rings. The highest BCUT2D eigenvalue weighted by Gasteiger charge is 2.30. The molecule has 4 nitrogen and oxygen atoms in total. The van der Waals surface area contributed by atoms with Crippen molar-refractivity contribution >= 4 is 11.1 Å². The number of halogens is 8. The number of hydrogen-bond donors (Lipinski definition) is 0. The summed E-state index contributed by atoms with van der Waals surface area (Å²) in [6.45, 7) is 4.89. The van der Waals surface area contributed by atoms with Crippen LogP contribution in [0, 0.1) is 29.1 Å². The van der Waals surface area contributed by atoms with Crippen LogP contribution >= 0.6 is 0 Å². The summed E-state index contributed by atoms with van der Waals surface area (Å²) in [4.78, 5) is -0.0282. The van der Waals surface area contributed by atoms with Crippen molar-refractivity contribution < 1.29 is 53.0 Å². The van der Waals surface area contributed by atoms with Gasteiger partial charge in [0.05, 0.1) is 23.7 Å². The van der Waals surface area contributed by atoms with Crippen LogP contribution in [-0.2, 0) is 34.8 Å². The zero-order chi connectivity index (χ0) is 30.0. The minimum absolute atomic E-state index is 0.0282. The molecule has 0 amide bonds. The van der Waals surface area contributed by atoms with Gasteiger partial charge in [-0.15, -0.1) is 0 Å². The maximum Gasteiger partial charge on any atom is 0.416 e. The Morgan fingerprint density at radius 3 is 2.12 bits per heavy atom. The van der Waals surface area contributed by atoms with Gasteiger partial charge in [0.1, 0.15) is 5.75 Å². The second kappa shape index (κ2) is 15.0. The van der Waals surface area contributed by atoms with Crippen LogP contribution in [0.3, 0.4) is 0 Å². The summed E-state index contributed by atoms with van der Waals surface area (Å²) in [5.41, 5.74) is 0.894. The van der Waals surface area contributed by atoms with Crippen LogP contribution in [0.2, 0.25) is 0 Å². The minimum Gasteiger partial charge on any atom is -0.493 e. The zero-order valence-corrected chi connectivity index (χ0v) is 22.5. The highest BCUT2D eigenvalue weighted by atomic mass is 32.2. The molecule has 0 radical (unpaired) electrons. The Kier molecular flexibility index (Phi) is 12.4. The molecule has 0 fully saturated rings. The first-order chi connectivity index (χ1) is 18.9. The third kappa shape index (κ3) is 8.40. The van der Waals surface area contributed by atoms with Gasteiger partial charge in [-0.2, -0.15) is 22.0 Å². The smallest absolute Gasteiger partial charge is 0.416 e. The predicted molar refractivity (Wildman–Crippen MR) is 132 cm³/mol. The molecule has 1 unspecified atom stereocenters. The molecule has 1 aliphatic rings. The van der Waals surface area contributed by atoms with Crippen molar-refractivity contribution in [2.75, 3.05) is 20.3 Å². The Morgan fingerprint density at radius 1 is 0.900 bits per heavy atom. The Labute approximate surface area is 228 Å². The van der Waals surface area contributed by atoms with Gasteiger partial charge in [0.25, 0.3) is 0 Å². The highest BCUT2D eigenvalue weighted by Crippen LogP contribution is 2.32. The first kappa shape index (κ1) is 33.0. The van der Waals surface area contributed by atoms with Crippen LogP contribution in [0.25, 0.3) is 0 Å². The molecule has 0 spiro atoms. The molecule has 13 heteroatoms. The quantitative estimate of drug-likeness (QED) is 0.166. The van der Waals surface area contributed by atoms with Crippen molar-refractivity contribution in [2.45, 2.75) is 44.2 Å². The Balaban J connectivity index is 0.000000299. The number of aryl methyl sites for hydroxylation is 1. The number of benzene rings is 3. The lowest BCUT2D eigenvalue weighted by Crippen LogP contribution is -2.11. The van der Waals surface area contributed by atoms with Gasteiger partial charge in [-0.05, 0) is 48.6 Å². The average molecular weight is 599 g/mol. The van der Waals surface area contributed by atoms with E-state index in [9.17, 15) is 39.3 Å². The zero-order valence-electron chi connectivity index (χ0n) is 21.6. The topological polar surface area (TPSA) is 44.8 Å².